The third kappa shape index (κ3) is 7.46. The van der Waals surface area contributed by atoms with Gasteiger partial charge in [0.1, 0.15) is 41.4 Å². The Bertz CT molecular complexity index is 1820. The van der Waals surface area contributed by atoms with Crippen LogP contribution in [0.1, 0.15) is 30.5 Å². The summed E-state index contributed by atoms with van der Waals surface area (Å²) in [5.74, 6) is 0.980. The van der Waals surface area contributed by atoms with Gasteiger partial charge in [0.15, 0.2) is 9.84 Å². The quantitative estimate of drug-likeness (QED) is 0.151. The van der Waals surface area contributed by atoms with Crippen LogP contribution in [0.5, 0.6) is 5.75 Å². The van der Waals surface area contributed by atoms with Crippen molar-refractivity contribution >= 4 is 59.5 Å². The van der Waals surface area contributed by atoms with Gasteiger partial charge in [-0.2, -0.15) is 0 Å². The fourth-order valence-electron chi connectivity index (χ4n) is 3.98. The Balaban J connectivity index is 1.30. The highest BCUT2D eigenvalue weighted by molar-refractivity contribution is 9.10. The SMILES string of the molecule is CCS(=O)(=O)CCOC(C)c1nc(-c2cc3c(Nc4ccc(OCc5cccc(F)c5)c(Br)c4)ncnc3cn2)cs1. The average Bonchev–Trinajstić information content (AvgIpc) is 3.47. The third-order valence-electron chi connectivity index (χ3n) is 6.33. The van der Waals surface area contributed by atoms with E-state index in [0.29, 0.717) is 28.5 Å². The molecule has 0 aliphatic carbocycles. The van der Waals surface area contributed by atoms with Gasteiger partial charge >= 0.3 is 0 Å². The number of pyridine rings is 1. The lowest BCUT2D eigenvalue weighted by molar-refractivity contribution is 0.0775. The molecule has 218 valence electrons. The van der Waals surface area contributed by atoms with Crippen LogP contribution < -0.4 is 10.1 Å². The first kappa shape index (κ1) is 30.0. The Kier molecular flexibility index (Phi) is 9.41. The van der Waals surface area contributed by atoms with Crippen molar-refractivity contribution in [1.29, 1.82) is 0 Å². The minimum absolute atomic E-state index is 0.0185. The van der Waals surface area contributed by atoms with Gasteiger partial charge in [-0.1, -0.05) is 19.1 Å². The van der Waals surface area contributed by atoms with E-state index >= 15 is 0 Å². The molecule has 3 aromatic heterocycles. The molecule has 3 heterocycles. The second-order valence-electron chi connectivity index (χ2n) is 9.32. The summed E-state index contributed by atoms with van der Waals surface area (Å²) < 4.78 is 49.3. The predicted molar refractivity (Wildman–Crippen MR) is 165 cm³/mol. The van der Waals surface area contributed by atoms with Gasteiger partial charge in [0.05, 0.1) is 39.9 Å². The molecular formula is C29H27BrFN5O4S2. The summed E-state index contributed by atoms with van der Waals surface area (Å²) in [7, 11) is -3.09. The average molecular weight is 673 g/mol. The summed E-state index contributed by atoms with van der Waals surface area (Å²) in [6.45, 7) is 3.82. The van der Waals surface area contributed by atoms with E-state index in [-0.39, 0.29) is 36.6 Å². The van der Waals surface area contributed by atoms with Gasteiger partial charge < -0.3 is 14.8 Å². The summed E-state index contributed by atoms with van der Waals surface area (Å²) in [6, 6.07) is 13.7. The van der Waals surface area contributed by atoms with Gasteiger partial charge in [0, 0.05) is 22.2 Å². The first-order valence-electron chi connectivity index (χ1n) is 13.0. The van der Waals surface area contributed by atoms with E-state index in [1.54, 1.807) is 25.3 Å². The maximum absolute atomic E-state index is 13.5. The number of thiazole rings is 1. The van der Waals surface area contributed by atoms with Crippen molar-refractivity contribution in [2.45, 2.75) is 26.6 Å². The van der Waals surface area contributed by atoms with Crippen molar-refractivity contribution in [2.24, 2.45) is 0 Å². The van der Waals surface area contributed by atoms with E-state index in [1.807, 2.05) is 36.6 Å². The van der Waals surface area contributed by atoms with Gasteiger partial charge in [0.2, 0.25) is 0 Å². The summed E-state index contributed by atoms with van der Waals surface area (Å²) in [5, 5.41) is 6.72. The van der Waals surface area contributed by atoms with Crippen molar-refractivity contribution in [3.8, 4) is 17.1 Å². The van der Waals surface area contributed by atoms with Crippen molar-refractivity contribution in [3.05, 3.63) is 87.3 Å². The lowest BCUT2D eigenvalue weighted by Gasteiger charge is -2.12. The Morgan fingerprint density at radius 3 is 2.74 bits per heavy atom. The molecule has 0 radical (unpaired) electrons. The molecule has 0 saturated heterocycles. The molecular weight excluding hydrogens is 645 g/mol. The van der Waals surface area contributed by atoms with Crippen LogP contribution in [-0.2, 0) is 21.2 Å². The molecule has 5 aromatic rings. The fourth-order valence-corrected chi connectivity index (χ4v) is 5.93. The number of anilines is 2. The minimum Gasteiger partial charge on any atom is -0.488 e. The summed E-state index contributed by atoms with van der Waals surface area (Å²) in [6.07, 6.45) is 2.79. The number of nitrogens with zero attached hydrogens (tertiary/aromatic N) is 4. The molecule has 42 heavy (non-hydrogen) atoms. The van der Waals surface area contributed by atoms with Crippen LogP contribution in [0.4, 0.5) is 15.9 Å². The van der Waals surface area contributed by atoms with Crippen LogP contribution in [0.2, 0.25) is 0 Å². The smallest absolute Gasteiger partial charge is 0.152 e. The molecule has 1 N–H and O–H groups in total. The van der Waals surface area contributed by atoms with E-state index in [0.717, 1.165) is 26.1 Å². The van der Waals surface area contributed by atoms with Crippen molar-refractivity contribution in [1.82, 2.24) is 19.9 Å². The van der Waals surface area contributed by atoms with Gasteiger partial charge in [0.25, 0.3) is 0 Å². The van der Waals surface area contributed by atoms with Gasteiger partial charge in [-0.3, -0.25) is 4.98 Å². The number of fused-ring (bicyclic) bond motifs is 1. The number of hydrogen-bond acceptors (Lipinski definition) is 10. The highest BCUT2D eigenvalue weighted by atomic mass is 79.9. The highest BCUT2D eigenvalue weighted by Crippen LogP contribution is 2.33. The zero-order chi connectivity index (χ0) is 29.7. The Hall–Kier alpha value is -3.52. The van der Waals surface area contributed by atoms with Crippen molar-refractivity contribution in [2.75, 3.05) is 23.4 Å². The Morgan fingerprint density at radius 1 is 1.10 bits per heavy atom. The first-order valence-corrected chi connectivity index (χ1v) is 16.5. The van der Waals surface area contributed by atoms with Crippen LogP contribution in [0.15, 0.2) is 70.9 Å². The lowest BCUT2D eigenvalue weighted by Crippen LogP contribution is -2.15. The van der Waals surface area contributed by atoms with Crippen LogP contribution in [0, 0.1) is 5.82 Å². The monoisotopic (exact) mass is 671 g/mol. The Labute approximate surface area is 255 Å². The van der Waals surface area contributed by atoms with E-state index in [9.17, 15) is 12.8 Å². The van der Waals surface area contributed by atoms with Crippen LogP contribution in [-0.4, -0.2) is 46.5 Å². The van der Waals surface area contributed by atoms with Gasteiger partial charge in [-0.25, -0.2) is 27.8 Å². The maximum atomic E-state index is 13.5. The number of halogens is 2. The molecule has 0 bridgehead atoms. The summed E-state index contributed by atoms with van der Waals surface area (Å²) in [4.78, 5) is 18.0. The molecule has 13 heteroatoms. The molecule has 0 spiro atoms. The van der Waals surface area contributed by atoms with E-state index < -0.39 is 9.84 Å². The molecule has 0 fully saturated rings. The number of ether oxygens (including phenoxy) is 2. The predicted octanol–water partition coefficient (Wildman–Crippen LogP) is 6.88. The molecule has 0 amide bonds. The van der Waals surface area contributed by atoms with Gasteiger partial charge in [-0.15, -0.1) is 11.3 Å². The van der Waals surface area contributed by atoms with E-state index in [2.05, 4.69) is 41.2 Å². The largest absolute Gasteiger partial charge is 0.488 e. The highest BCUT2D eigenvalue weighted by Gasteiger charge is 2.16. The summed E-state index contributed by atoms with van der Waals surface area (Å²) >= 11 is 4.98. The molecule has 2 aromatic carbocycles. The third-order valence-corrected chi connectivity index (χ3v) is 9.63. The van der Waals surface area contributed by atoms with E-state index in [4.69, 9.17) is 9.47 Å². The van der Waals surface area contributed by atoms with Crippen molar-refractivity contribution in [3.63, 3.8) is 0 Å². The molecule has 0 aliphatic rings. The molecule has 9 nitrogen and oxygen atoms in total. The van der Waals surface area contributed by atoms with Crippen molar-refractivity contribution < 1.29 is 22.3 Å². The molecule has 0 saturated carbocycles. The van der Waals surface area contributed by atoms with E-state index in [1.165, 1.54) is 29.8 Å². The number of benzene rings is 2. The first-order chi connectivity index (χ1) is 20.2. The van der Waals surface area contributed by atoms with Crippen LogP contribution in [0.3, 0.4) is 0 Å². The maximum Gasteiger partial charge on any atom is 0.152 e. The van der Waals surface area contributed by atoms with Gasteiger partial charge in [-0.05, 0) is 64.8 Å². The molecule has 5 rings (SSSR count). The zero-order valence-electron chi connectivity index (χ0n) is 22.8. The molecule has 1 unspecified atom stereocenters. The standard InChI is InChI=1S/C29H27BrFN5O4S2/c1-3-42(37,38)10-9-39-18(2)29-36-26(16-41-29)24-13-22-25(14-32-24)33-17-34-28(22)35-21-7-8-27(23(30)12-21)40-15-19-5-4-6-20(31)11-19/h4-8,11-14,16-18H,3,9-10,15H2,1-2H3,(H,33,34,35). The zero-order valence-corrected chi connectivity index (χ0v) is 26.0. The number of hydrogen-bond donors (Lipinski definition) is 1. The summed E-state index contributed by atoms with van der Waals surface area (Å²) in [5.41, 5.74) is 3.48. The second-order valence-corrected chi connectivity index (χ2v) is 13.5. The lowest BCUT2D eigenvalue weighted by atomic mass is 10.2. The topological polar surface area (TPSA) is 116 Å². The minimum atomic E-state index is -3.09. The Morgan fingerprint density at radius 2 is 1.95 bits per heavy atom. The number of nitrogens with one attached hydrogen (secondary N) is 1. The fraction of sp³-hybridized carbons (Fsp3) is 0.241. The van der Waals surface area contributed by atoms with Crippen LogP contribution in [0.25, 0.3) is 22.3 Å². The second kappa shape index (κ2) is 13.2. The number of sulfone groups is 1. The number of aromatic nitrogens is 4. The number of rotatable bonds is 12. The molecule has 0 aliphatic heterocycles. The van der Waals surface area contributed by atoms with Crippen LogP contribution >= 0.6 is 27.3 Å². The normalized spacial score (nSPS) is 12.4. The molecule has 1 atom stereocenters.